The Balaban J connectivity index is 1.37. The first kappa shape index (κ1) is 26.9. The molecule has 0 unspecified atom stereocenters. The summed E-state index contributed by atoms with van der Waals surface area (Å²) in [5.74, 6) is 0.704. The highest BCUT2D eigenvalue weighted by molar-refractivity contribution is 5.81. The number of tetrazole rings is 1. The van der Waals surface area contributed by atoms with Crippen molar-refractivity contribution in [1.82, 2.24) is 30.1 Å². The number of H-pyrrole nitrogens is 1. The molecule has 1 fully saturated rings. The van der Waals surface area contributed by atoms with Crippen molar-refractivity contribution >= 4 is 16.6 Å². The number of rotatable bonds is 7. The molecule has 0 spiro atoms. The molecular formula is C33H37N7O. The molecule has 2 aromatic heterocycles. The van der Waals surface area contributed by atoms with Crippen LogP contribution in [0.1, 0.15) is 45.2 Å². The van der Waals surface area contributed by atoms with Crippen LogP contribution >= 0.6 is 0 Å². The van der Waals surface area contributed by atoms with Crippen molar-refractivity contribution in [2.24, 2.45) is 0 Å². The summed E-state index contributed by atoms with van der Waals surface area (Å²) < 4.78 is 1.87. The van der Waals surface area contributed by atoms with Crippen LogP contribution in [0.25, 0.3) is 10.9 Å². The predicted molar refractivity (Wildman–Crippen MR) is 164 cm³/mol. The van der Waals surface area contributed by atoms with Crippen molar-refractivity contribution in [1.29, 1.82) is 0 Å². The average Bonchev–Trinajstić information content (AvgIpc) is 3.44. The van der Waals surface area contributed by atoms with E-state index in [1.807, 2.05) is 28.9 Å². The molecule has 0 radical (unpaired) electrons. The number of pyridine rings is 1. The fourth-order valence-corrected chi connectivity index (χ4v) is 5.92. The van der Waals surface area contributed by atoms with Gasteiger partial charge in [-0.05, 0) is 102 Å². The molecule has 0 bridgehead atoms. The maximum absolute atomic E-state index is 13.7. The maximum Gasteiger partial charge on any atom is 0.253 e. The van der Waals surface area contributed by atoms with Crippen molar-refractivity contribution in [3.05, 3.63) is 116 Å². The van der Waals surface area contributed by atoms with E-state index in [0.717, 1.165) is 49.1 Å². The number of hydrogen-bond donors (Lipinski definition) is 1. The van der Waals surface area contributed by atoms with Gasteiger partial charge < -0.3 is 9.88 Å². The number of hydrogen-bond acceptors (Lipinski definition) is 6. The summed E-state index contributed by atoms with van der Waals surface area (Å²) in [6.45, 7) is 12.4. The van der Waals surface area contributed by atoms with E-state index in [1.54, 1.807) is 0 Å². The van der Waals surface area contributed by atoms with Gasteiger partial charge in [-0.1, -0.05) is 42.5 Å². The minimum atomic E-state index is -0.365. The van der Waals surface area contributed by atoms with E-state index in [9.17, 15) is 4.79 Å². The van der Waals surface area contributed by atoms with Gasteiger partial charge in [0.2, 0.25) is 0 Å². The van der Waals surface area contributed by atoms with Gasteiger partial charge in [-0.3, -0.25) is 9.69 Å². The third-order valence-corrected chi connectivity index (χ3v) is 8.43. The minimum Gasteiger partial charge on any atom is -0.369 e. The van der Waals surface area contributed by atoms with Gasteiger partial charge in [-0.15, -0.1) is 5.10 Å². The zero-order chi connectivity index (χ0) is 28.5. The monoisotopic (exact) mass is 547 g/mol. The van der Waals surface area contributed by atoms with Gasteiger partial charge in [0.15, 0.2) is 5.82 Å². The lowest BCUT2D eigenvalue weighted by atomic mass is 10.00. The summed E-state index contributed by atoms with van der Waals surface area (Å²) in [7, 11) is 0. The van der Waals surface area contributed by atoms with Crippen LogP contribution in [-0.2, 0) is 13.0 Å². The quantitative estimate of drug-likeness (QED) is 0.312. The van der Waals surface area contributed by atoms with E-state index in [-0.39, 0.29) is 11.6 Å². The topological polar surface area (TPSA) is 82.9 Å². The summed E-state index contributed by atoms with van der Waals surface area (Å²) >= 11 is 0. The molecule has 8 heteroatoms. The number of fused-ring (bicyclic) bond motifs is 1. The van der Waals surface area contributed by atoms with Crippen LogP contribution in [0.4, 0.5) is 5.69 Å². The first-order valence-corrected chi connectivity index (χ1v) is 14.4. The molecule has 41 heavy (non-hydrogen) atoms. The van der Waals surface area contributed by atoms with Gasteiger partial charge in [0, 0.05) is 49.5 Å². The second-order valence-corrected chi connectivity index (χ2v) is 11.3. The minimum absolute atomic E-state index is 0.0969. The van der Waals surface area contributed by atoms with E-state index in [4.69, 9.17) is 0 Å². The van der Waals surface area contributed by atoms with Crippen LogP contribution in [0.15, 0.2) is 71.5 Å². The molecule has 3 aromatic carbocycles. The third-order valence-electron chi connectivity index (χ3n) is 8.43. The summed E-state index contributed by atoms with van der Waals surface area (Å²) in [4.78, 5) is 21.7. The van der Waals surface area contributed by atoms with Crippen LogP contribution < -0.4 is 10.5 Å². The second-order valence-electron chi connectivity index (χ2n) is 11.3. The zero-order valence-electron chi connectivity index (χ0n) is 24.3. The summed E-state index contributed by atoms with van der Waals surface area (Å²) in [5.41, 5.74) is 8.83. The molecule has 1 saturated heterocycles. The molecular weight excluding hydrogens is 510 g/mol. The largest absolute Gasteiger partial charge is 0.369 e. The highest BCUT2D eigenvalue weighted by Crippen LogP contribution is 2.30. The number of piperazine rings is 1. The SMILES string of the molecule is Cc1ccc(C)c(N2CCN([C@@H](c3cc4cc(C)c(C)cc4[nH]c3=O)c3nnnn3CCc3ccccc3)CC2)c1. The fourth-order valence-electron chi connectivity index (χ4n) is 5.92. The Bertz CT molecular complexity index is 1730. The van der Waals surface area contributed by atoms with E-state index >= 15 is 0 Å². The van der Waals surface area contributed by atoms with Crippen molar-refractivity contribution in [3.8, 4) is 0 Å². The standard InChI is InChI=1S/C33H37N7O/c1-22-10-11-23(2)30(18-22)38-14-16-39(17-15-38)31(28-21-27-19-24(3)25(4)20-29(27)34-33(28)41)32-35-36-37-40(32)13-12-26-8-6-5-7-9-26/h5-11,18-21,31H,12-17H2,1-4H3,(H,34,41)/t31-/m0/s1. The van der Waals surface area contributed by atoms with Crippen molar-refractivity contribution < 1.29 is 0 Å². The molecule has 0 aliphatic carbocycles. The van der Waals surface area contributed by atoms with Crippen LogP contribution in [-0.4, -0.2) is 56.3 Å². The highest BCUT2D eigenvalue weighted by Gasteiger charge is 2.33. The van der Waals surface area contributed by atoms with Gasteiger partial charge in [-0.25, -0.2) is 4.68 Å². The van der Waals surface area contributed by atoms with Gasteiger partial charge in [0.25, 0.3) is 5.56 Å². The fraction of sp³-hybridized carbons (Fsp3) is 0.333. The molecule has 8 nitrogen and oxygen atoms in total. The van der Waals surface area contributed by atoms with Crippen molar-refractivity contribution in [3.63, 3.8) is 0 Å². The Kier molecular flexibility index (Phi) is 7.41. The summed E-state index contributed by atoms with van der Waals surface area (Å²) in [6, 6.07) is 22.9. The molecule has 210 valence electrons. The molecule has 5 aromatic rings. The number of nitrogens with zero attached hydrogens (tertiary/aromatic N) is 6. The molecule has 1 aliphatic heterocycles. The number of anilines is 1. The Morgan fingerprint density at radius 3 is 2.39 bits per heavy atom. The first-order chi connectivity index (χ1) is 19.9. The zero-order valence-corrected chi connectivity index (χ0v) is 24.3. The highest BCUT2D eigenvalue weighted by atomic mass is 16.1. The number of aryl methyl sites for hydroxylation is 6. The number of benzene rings is 3. The first-order valence-electron chi connectivity index (χ1n) is 14.4. The third kappa shape index (κ3) is 5.52. The van der Waals surface area contributed by atoms with Gasteiger partial charge in [0.1, 0.15) is 6.04 Å². The summed E-state index contributed by atoms with van der Waals surface area (Å²) in [6.07, 6.45) is 0.804. The van der Waals surface area contributed by atoms with Crippen molar-refractivity contribution in [2.45, 2.75) is 46.7 Å². The number of aromatic amines is 1. The van der Waals surface area contributed by atoms with Crippen LogP contribution in [0.5, 0.6) is 0 Å². The molecule has 1 N–H and O–H groups in total. The van der Waals surface area contributed by atoms with Crippen LogP contribution in [0.3, 0.4) is 0 Å². The van der Waals surface area contributed by atoms with Crippen molar-refractivity contribution in [2.75, 3.05) is 31.1 Å². The lowest BCUT2D eigenvalue weighted by molar-refractivity contribution is 0.199. The molecule has 6 rings (SSSR count). The van der Waals surface area contributed by atoms with Gasteiger partial charge >= 0.3 is 0 Å². The van der Waals surface area contributed by atoms with Gasteiger partial charge in [0.05, 0.1) is 0 Å². The normalized spacial score (nSPS) is 15.0. The smallest absolute Gasteiger partial charge is 0.253 e. The van der Waals surface area contributed by atoms with Gasteiger partial charge in [-0.2, -0.15) is 0 Å². The average molecular weight is 548 g/mol. The number of nitrogens with one attached hydrogen (secondary N) is 1. The Morgan fingerprint density at radius 2 is 1.61 bits per heavy atom. The predicted octanol–water partition coefficient (Wildman–Crippen LogP) is 4.90. The second kappa shape index (κ2) is 11.3. The van der Waals surface area contributed by atoms with E-state index < -0.39 is 0 Å². The van der Waals surface area contributed by atoms with E-state index in [2.05, 4.69) is 100 Å². The maximum atomic E-state index is 13.7. The molecule has 3 heterocycles. The lowest BCUT2D eigenvalue weighted by Gasteiger charge is -2.40. The molecule has 0 saturated carbocycles. The molecule has 1 aliphatic rings. The van der Waals surface area contributed by atoms with E-state index in [1.165, 1.54) is 27.9 Å². The van der Waals surface area contributed by atoms with Crippen LogP contribution in [0, 0.1) is 27.7 Å². The molecule has 1 atom stereocenters. The Hall–Kier alpha value is -4.30. The molecule has 0 amide bonds. The van der Waals surface area contributed by atoms with E-state index in [0.29, 0.717) is 17.9 Å². The van der Waals surface area contributed by atoms with Crippen LogP contribution in [0.2, 0.25) is 0 Å². The summed E-state index contributed by atoms with van der Waals surface area (Å²) in [5, 5.41) is 14.0. The lowest BCUT2D eigenvalue weighted by Crippen LogP contribution is -2.49. The Morgan fingerprint density at radius 1 is 0.854 bits per heavy atom. The number of aromatic nitrogens is 5. The Labute approximate surface area is 240 Å².